The zero-order chi connectivity index (χ0) is 13.2. The maximum Gasteiger partial charge on any atom is 0.274 e. The highest BCUT2D eigenvalue weighted by atomic mass is 79.9. The summed E-state index contributed by atoms with van der Waals surface area (Å²) >= 11 is 9.41. The summed E-state index contributed by atoms with van der Waals surface area (Å²) in [7, 11) is 0. The molecule has 0 bridgehead atoms. The molecular formula is C12H15BrClNO2. The van der Waals surface area contributed by atoms with Crippen LogP contribution in [0.15, 0.2) is 22.7 Å². The van der Waals surface area contributed by atoms with Crippen LogP contribution in [-0.2, 0) is 0 Å². The zero-order valence-electron chi connectivity index (χ0n) is 9.98. The number of alkyl halides is 1. The van der Waals surface area contributed by atoms with E-state index in [0.29, 0.717) is 10.0 Å². The average molecular weight is 321 g/mol. The third-order valence-corrected chi connectivity index (χ3v) is 3.53. The first kappa shape index (κ1) is 14.5. The summed E-state index contributed by atoms with van der Waals surface area (Å²) in [6.07, 6.45) is 0. The van der Waals surface area contributed by atoms with Crippen molar-refractivity contribution in [2.75, 3.05) is 0 Å². The lowest BCUT2D eigenvalue weighted by atomic mass is 9.85. The molecular weight excluding hydrogens is 305 g/mol. The second kappa shape index (κ2) is 5.83. The topological polar surface area (TPSA) is 43.1 Å². The lowest BCUT2D eigenvalue weighted by molar-refractivity contribution is -0.385. The van der Waals surface area contributed by atoms with E-state index < -0.39 is 0 Å². The molecule has 0 N–H and O–H groups in total. The smallest absolute Gasteiger partial charge is 0.258 e. The number of halogens is 2. The van der Waals surface area contributed by atoms with E-state index in [-0.39, 0.29) is 27.8 Å². The van der Waals surface area contributed by atoms with Crippen molar-refractivity contribution in [1.29, 1.82) is 0 Å². The van der Waals surface area contributed by atoms with Gasteiger partial charge < -0.3 is 0 Å². The van der Waals surface area contributed by atoms with E-state index in [0.717, 1.165) is 0 Å². The molecule has 5 heteroatoms. The summed E-state index contributed by atoms with van der Waals surface area (Å²) in [5.41, 5.74) is 0.835. The molecule has 1 rings (SSSR count). The Labute approximate surface area is 114 Å². The van der Waals surface area contributed by atoms with Gasteiger partial charge in [-0.3, -0.25) is 10.1 Å². The Balaban J connectivity index is 3.32. The Morgan fingerprint density at radius 1 is 1.35 bits per heavy atom. The number of benzene rings is 1. The van der Waals surface area contributed by atoms with Crippen molar-refractivity contribution in [2.45, 2.75) is 32.1 Å². The molecule has 0 amide bonds. The van der Waals surface area contributed by atoms with Gasteiger partial charge in [-0.2, -0.15) is 0 Å². The highest BCUT2D eigenvalue weighted by Gasteiger charge is 2.28. The Morgan fingerprint density at radius 2 is 1.94 bits per heavy atom. The Kier molecular flexibility index (Phi) is 4.95. The first-order valence-electron chi connectivity index (χ1n) is 5.42. The fourth-order valence-corrected chi connectivity index (χ4v) is 2.87. The van der Waals surface area contributed by atoms with Gasteiger partial charge in [-0.25, -0.2) is 0 Å². The van der Waals surface area contributed by atoms with Crippen molar-refractivity contribution in [3.8, 4) is 0 Å². The summed E-state index contributed by atoms with van der Waals surface area (Å²) in [4.78, 5) is 10.7. The fraction of sp³-hybridized carbons (Fsp3) is 0.500. The van der Waals surface area contributed by atoms with Crippen LogP contribution in [0.2, 0.25) is 0 Å². The summed E-state index contributed by atoms with van der Waals surface area (Å²) in [5.74, 6) is 0.229. The fourth-order valence-electron chi connectivity index (χ4n) is 2.09. The molecule has 94 valence electrons. The quantitative estimate of drug-likeness (QED) is 0.457. The molecule has 0 saturated carbocycles. The van der Waals surface area contributed by atoms with Gasteiger partial charge in [-0.05, 0) is 18.9 Å². The van der Waals surface area contributed by atoms with Crippen molar-refractivity contribution in [1.82, 2.24) is 0 Å². The molecule has 0 radical (unpaired) electrons. The highest BCUT2D eigenvalue weighted by Crippen LogP contribution is 2.37. The maximum absolute atomic E-state index is 11.1. The molecule has 0 aliphatic rings. The number of hydrogen-bond donors (Lipinski definition) is 0. The Bertz CT molecular complexity index is 413. The van der Waals surface area contributed by atoms with E-state index >= 15 is 0 Å². The average Bonchev–Trinajstić information content (AvgIpc) is 2.19. The van der Waals surface area contributed by atoms with Crippen molar-refractivity contribution in [2.24, 2.45) is 5.92 Å². The lowest BCUT2D eigenvalue weighted by Gasteiger charge is -2.23. The molecule has 0 heterocycles. The van der Waals surface area contributed by atoms with Crippen molar-refractivity contribution >= 4 is 33.2 Å². The van der Waals surface area contributed by atoms with Gasteiger partial charge in [0.1, 0.15) is 0 Å². The van der Waals surface area contributed by atoms with Crippen molar-refractivity contribution in [3.63, 3.8) is 0 Å². The second-order valence-electron chi connectivity index (χ2n) is 4.41. The second-order valence-corrected chi connectivity index (χ2v) is 6.01. The molecule has 3 nitrogen and oxygen atoms in total. The van der Waals surface area contributed by atoms with E-state index in [1.807, 2.05) is 26.8 Å². The van der Waals surface area contributed by atoms with Gasteiger partial charge in [0.25, 0.3) is 5.69 Å². The summed E-state index contributed by atoms with van der Waals surface area (Å²) in [5, 5.41) is 10.9. The number of nitro benzene ring substituents is 1. The Hall–Kier alpha value is -0.610. The first-order chi connectivity index (χ1) is 7.84. The van der Waals surface area contributed by atoms with E-state index in [1.54, 1.807) is 6.07 Å². The predicted molar refractivity (Wildman–Crippen MR) is 73.7 cm³/mol. The SMILES string of the molecule is CC(C)C(c1ccc(Br)cc1[N+](=O)[O-])C(C)Cl. The predicted octanol–water partition coefficient (Wildman–Crippen LogP) is 4.72. The van der Waals surface area contributed by atoms with Gasteiger partial charge in [-0.1, -0.05) is 35.8 Å². The van der Waals surface area contributed by atoms with Crippen LogP contribution in [-0.4, -0.2) is 10.3 Å². The van der Waals surface area contributed by atoms with Crippen molar-refractivity contribution in [3.05, 3.63) is 38.3 Å². The molecule has 2 unspecified atom stereocenters. The minimum Gasteiger partial charge on any atom is -0.258 e. The molecule has 0 aliphatic carbocycles. The van der Waals surface area contributed by atoms with Gasteiger partial charge in [0.15, 0.2) is 0 Å². The zero-order valence-corrected chi connectivity index (χ0v) is 12.3. The third-order valence-electron chi connectivity index (χ3n) is 2.76. The number of nitro groups is 1. The minimum absolute atomic E-state index is 0.0230. The molecule has 0 fully saturated rings. The molecule has 0 aromatic heterocycles. The Morgan fingerprint density at radius 3 is 2.35 bits per heavy atom. The van der Waals surface area contributed by atoms with Crippen LogP contribution in [0.4, 0.5) is 5.69 Å². The van der Waals surface area contributed by atoms with Crippen LogP contribution >= 0.6 is 27.5 Å². The van der Waals surface area contributed by atoms with Gasteiger partial charge in [0.2, 0.25) is 0 Å². The summed E-state index contributed by atoms with van der Waals surface area (Å²) in [6, 6.07) is 5.13. The van der Waals surface area contributed by atoms with Crippen molar-refractivity contribution < 1.29 is 4.92 Å². The van der Waals surface area contributed by atoms with Crippen LogP contribution in [0.25, 0.3) is 0 Å². The third kappa shape index (κ3) is 3.42. The molecule has 1 aromatic carbocycles. The number of rotatable bonds is 4. The van der Waals surface area contributed by atoms with Crippen LogP contribution in [0.5, 0.6) is 0 Å². The molecule has 1 aromatic rings. The van der Waals surface area contributed by atoms with Crippen LogP contribution in [0.1, 0.15) is 32.3 Å². The maximum atomic E-state index is 11.1. The largest absolute Gasteiger partial charge is 0.274 e. The standard InChI is InChI=1S/C12H15BrClNO2/c1-7(2)12(8(3)14)10-5-4-9(13)6-11(10)15(16)17/h4-8,12H,1-3H3. The summed E-state index contributed by atoms with van der Waals surface area (Å²) in [6.45, 7) is 5.92. The summed E-state index contributed by atoms with van der Waals surface area (Å²) < 4.78 is 0.706. The van der Waals surface area contributed by atoms with Gasteiger partial charge in [-0.15, -0.1) is 11.6 Å². The number of nitrogens with zero attached hydrogens (tertiary/aromatic N) is 1. The minimum atomic E-state index is -0.352. The van der Waals surface area contributed by atoms with E-state index in [4.69, 9.17) is 11.6 Å². The van der Waals surface area contributed by atoms with E-state index in [2.05, 4.69) is 15.9 Å². The first-order valence-corrected chi connectivity index (χ1v) is 6.65. The molecule has 2 atom stereocenters. The van der Waals surface area contributed by atoms with Gasteiger partial charge in [0, 0.05) is 27.4 Å². The number of hydrogen-bond acceptors (Lipinski definition) is 2. The molecule has 0 spiro atoms. The molecule has 17 heavy (non-hydrogen) atoms. The van der Waals surface area contributed by atoms with E-state index in [1.165, 1.54) is 6.07 Å². The lowest BCUT2D eigenvalue weighted by Crippen LogP contribution is -2.17. The monoisotopic (exact) mass is 319 g/mol. The molecule has 0 aliphatic heterocycles. The van der Waals surface area contributed by atoms with E-state index in [9.17, 15) is 10.1 Å². The van der Waals surface area contributed by atoms with Crippen LogP contribution < -0.4 is 0 Å². The van der Waals surface area contributed by atoms with Crippen LogP contribution in [0, 0.1) is 16.0 Å². The van der Waals surface area contributed by atoms with Crippen LogP contribution in [0.3, 0.4) is 0 Å². The van der Waals surface area contributed by atoms with Gasteiger partial charge >= 0.3 is 0 Å². The highest BCUT2D eigenvalue weighted by molar-refractivity contribution is 9.10. The normalized spacial score (nSPS) is 14.7. The van der Waals surface area contributed by atoms with Gasteiger partial charge in [0.05, 0.1) is 4.92 Å². The molecule has 0 saturated heterocycles.